The highest BCUT2D eigenvalue weighted by molar-refractivity contribution is 5.75. The first kappa shape index (κ1) is 17.2. The highest BCUT2D eigenvalue weighted by Crippen LogP contribution is 2.16. The molecule has 2 rings (SSSR count). The molecule has 0 saturated carbocycles. The van der Waals surface area contributed by atoms with Gasteiger partial charge in [-0.25, -0.2) is 4.79 Å². The molecule has 23 heavy (non-hydrogen) atoms. The van der Waals surface area contributed by atoms with Gasteiger partial charge in [0.25, 0.3) is 0 Å². The molecule has 2 atom stereocenters. The Morgan fingerprint density at radius 3 is 1.83 bits per heavy atom. The molecule has 0 spiro atoms. The molecular formula is C19H23NO3. The van der Waals surface area contributed by atoms with Gasteiger partial charge in [0, 0.05) is 19.1 Å². The Morgan fingerprint density at radius 2 is 1.43 bits per heavy atom. The third-order valence-electron chi connectivity index (χ3n) is 3.93. The molecule has 0 heterocycles. The molecule has 2 aromatic carbocycles. The minimum atomic E-state index is -1.17. The maximum atomic E-state index is 11.7. The van der Waals surface area contributed by atoms with Crippen LogP contribution >= 0.6 is 0 Å². The normalized spacial score (nSPS) is 13.6. The molecule has 122 valence electrons. The SMILES string of the molecule is COC(=O)C(O)C(C)N(Cc1ccccc1)Cc1ccccc1. The molecule has 0 aliphatic heterocycles. The number of ether oxygens (including phenoxy) is 1. The van der Waals surface area contributed by atoms with Crippen molar-refractivity contribution >= 4 is 5.97 Å². The van der Waals surface area contributed by atoms with E-state index in [0.717, 1.165) is 11.1 Å². The average molecular weight is 313 g/mol. The lowest BCUT2D eigenvalue weighted by atomic mass is 10.1. The first-order chi connectivity index (χ1) is 11.1. The number of carbonyl (C=O) groups excluding carboxylic acids is 1. The van der Waals surface area contributed by atoms with Crippen LogP contribution in [0, 0.1) is 0 Å². The van der Waals surface area contributed by atoms with Crippen molar-refractivity contribution in [1.82, 2.24) is 4.90 Å². The highest BCUT2D eigenvalue weighted by atomic mass is 16.5. The molecule has 4 heteroatoms. The van der Waals surface area contributed by atoms with Gasteiger partial charge in [0.1, 0.15) is 0 Å². The summed E-state index contributed by atoms with van der Waals surface area (Å²) in [6.45, 7) is 3.13. The van der Waals surface area contributed by atoms with E-state index in [2.05, 4.69) is 9.64 Å². The van der Waals surface area contributed by atoms with Crippen LogP contribution in [0.4, 0.5) is 0 Å². The number of carbonyl (C=O) groups is 1. The fourth-order valence-corrected chi connectivity index (χ4v) is 2.50. The number of esters is 1. The summed E-state index contributed by atoms with van der Waals surface area (Å²) in [6.07, 6.45) is -1.17. The summed E-state index contributed by atoms with van der Waals surface area (Å²) in [7, 11) is 1.29. The van der Waals surface area contributed by atoms with E-state index >= 15 is 0 Å². The second-order valence-electron chi connectivity index (χ2n) is 5.58. The average Bonchev–Trinajstić information content (AvgIpc) is 2.61. The summed E-state index contributed by atoms with van der Waals surface area (Å²) in [5.41, 5.74) is 2.26. The molecule has 0 aromatic heterocycles. The number of aliphatic hydroxyl groups excluding tert-OH is 1. The molecule has 0 amide bonds. The molecule has 0 fully saturated rings. The van der Waals surface area contributed by atoms with Crippen LogP contribution in [-0.2, 0) is 22.6 Å². The number of methoxy groups -OCH3 is 1. The third kappa shape index (κ3) is 4.91. The number of nitrogens with zero attached hydrogens (tertiary/aromatic N) is 1. The fourth-order valence-electron chi connectivity index (χ4n) is 2.50. The van der Waals surface area contributed by atoms with Crippen LogP contribution in [0.25, 0.3) is 0 Å². The Balaban J connectivity index is 2.18. The van der Waals surface area contributed by atoms with Crippen molar-refractivity contribution in [3.63, 3.8) is 0 Å². The molecule has 4 nitrogen and oxygen atoms in total. The van der Waals surface area contributed by atoms with Crippen molar-refractivity contribution < 1.29 is 14.6 Å². The summed E-state index contributed by atoms with van der Waals surface area (Å²) in [4.78, 5) is 13.7. The lowest BCUT2D eigenvalue weighted by molar-refractivity contribution is -0.154. The maximum Gasteiger partial charge on any atom is 0.336 e. The van der Waals surface area contributed by atoms with Crippen molar-refractivity contribution in [2.45, 2.75) is 32.2 Å². The van der Waals surface area contributed by atoms with Gasteiger partial charge in [0.15, 0.2) is 6.10 Å². The van der Waals surface area contributed by atoms with Crippen LogP contribution in [0.5, 0.6) is 0 Å². The minimum Gasteiger partial charge on any atom is -0.467 e. The summed E-state index contributed by atoms with van der Waals surface area (Å²) in [5, 5.41) is 10.2. The number of rotatable bonds is 7. The van der Waals surface area contributed by atoms with Crippen molar-refractivity contribution in [2.75, 3.05) is 7.11 Å². The van der Waals surface area contributed by atoms with Crippen molar-refractivity contribution in [3.05, 3.63) is 71.8 Å². The van der Waals surface area contributed by atoms with E-state index in [1.807, 2.05) is 67.6 Å². The lowest BCUT2D eigenvalue weighted by Crippen LogP contribution is -2.45. The third-order valence-corrected chi connectivity index (χ3v) is 3.93. The number of hydrogen-bond acceptors (Lipinski definition) is 4. The first-order valence-corrected chi connectivity index (χ1v) is 7.69. The largest absolute Gasteiger partial charge is 0.467 e. The van der Waals surface area contributed by atoms with Gasteiger partial charge >= 0.3 is 5.97 Å². The van der Waals surface area contributed by atoms with Gasteiger partial charge < -0.3 is 9.84 Å². The molecule has 2 unspecified atom stereocenters. The molecule has 2 aromatic rings. The minimum absolute atomic E-state index is 0.358. The van der Waals surface area contributed by atoms with Gasteiger partial charge in [-0.15, -0.1) is 0 Å². The maximum absolute atomic E-state index is 11.7. The Labute approximate surface area is 137 Å². The van der Waals surface area contributed by atoms with Gasteiger partial charge in [-0.1, -0.05) is 60.7 Å². The molecule has 0 bridgehead atoms. The predicted octanol–water partition coefficient (Wildman–Crippen LogP) is 2.61. The van der Waals surface area contributed by atoms with Crippen molar-refractivity contribution in [2.24, 2.45) is 0 Å². The molecular weight excluding hydrogens is 290 g/mol. The molecule has 0 radical (unpaired) electrons. The number of hydrogen-bond donors (Lipinski definition) is 1. The quantitative estimate of drug-likeness (QED) is 0.798. The van der Waals surface area contributed by atoms with E-state index < -0.39 is 12.1 Å². The smallest absolute Gasteiger partial charge is 0.336 e. The van der Waals surface area contributed by atoms with Gasteiger partial charge in [-0.05, 0) is 18.1 Å². The van der Waals surface area contributed by atoms with E-state index in [1.165, 1.54) is 7.11 Å². The van der Waals surface area contributed by atoms with E-state index in [9.17, 15) is 9.90 Å². The topological polar surface area (TPSA) is 49.8 Å². The van der Waals surface area contributed by atoms with E-state index in [-0.39, 0.29) is 6.04 Å². The van der Waals surface area contributed by atoms with E-state index in [4.69, 9.17) is 0 Å². The van der Waals surface area contributed by atoms with Crippen LogP contribution in [0.1, 0.15) is 18.1 Å². The van der Waals surface area contributed by atoms with Gasteiger partial charge in [-0.3, -0.25) is 4.90 Å². The van der Waals surface area contributed by atoms with Gasteiger partial charge in [-0.2, -0.15) is 0 Å². The van der Waals surface area contributed by atoms with Gasteiger partial charge in [0.05, 0.1) is 7.11 Å². The zero-order chi connectivity index (χ0) is 16.7. The summed E-state index contributed by atoms with van der Waals surface area (Å²) >= 11 is 0. The summed E-state index contributed by atoms with van der Waals surface area (Å²) in [5.74, 6) is -0.608. The van der Waals surface area contributed by atoms with Crippen LogP contribution in [-0.4, -0.2) is 35.2 Å². The summed E-state index contributed by atoms with van der Waals surface area (Å²) in [6, 6.07) is 19.7. The Bertz CT molecular complexity index is 559. The predicted molar refractivity (Wildman–Crippen MR) is 89.6 cm³/mol. The van der Waals surface area contributed by atoms with Crippen LogP contribution in [0.2, 0.25) is 0 Å². The second kappa shape index (κ2) is 8.46. The standard InChI is InChI=1S/C19H23NO3/c1-15(18(21)19(22)23-2)20(13-16-9-5-3-6-10-16)14-17-11-7-4-8-12-17/h3-12,15,18,21H,13-14H2,1-2H3. The summed E-state index contributed by atoms with van der Waals surface area (Å²) < 4.78 is 4.67. The van der Waals surface area contributed by atoms with Crippen LogP contribution in [0.3, 0.4) is 0 Å². The monoisotopic (exact) mass is 313 g/mol. The Morgan fingerprint density at radius 1 is 1.00 bits per heavy atom. The Hall–Kier alpha value is -2.17. The van der Waals surface area contributed by atoms with E-state index in [0.29, 0.717) is 13.1 Å². The molecule has 0 saturated heterocycles. The number of benzene rings is 2. The second-order valence-corrected chi connectivity index (χ2v) is 5.58. The molecule has 1 N–H and O–H groups in total. The molecule has 0 aliphatic rings. The zero-order valence-electron chi connectivity index (χ0n) is 13.6. The Kier molecular flexibility index (Phi) is 6.32. The number of aliphatic hydroxyl groups is 1. The zero-order valence-corrected chi connectivity index (χ0v) is 13.6. The highest BCUT2D eigenvalue weighted by Gasteiger charge is 2.28. The van der Waals surface area contributed by atoms with Crippen LogP contribution in [0.15, 0.2) is 60.7 Å². The van der Waals surface area contributed by atoms with Crippen LogP contribution < -0.4 is 0 Å². The van der Waals surface area contributed by atoms with Gasteiger partial charge in [0.2, 0.25) is 0 Å². The molecule has 0 aliphatic carbocycles. The first-order valence-electron chi connectivity index (χ1n) is 7.69. The van der Waals surface area contributed by atoms with Crippen molar-refractivity contribution in [1.29, 1.82) is 0 Å². The fraction of sp³-hybridized carbons (Fsp3) is 0.316. The van der Waals surface area contributed by atoms with Crippen molar-refractivity contribution in [3.8, 4) is 0 Å². The van der Waals surface area contributed by atoms with E-state index in [1.54, 1.807) is 0 Å². The lowest BCUT2D eigenvalue weighted by Gasteiger charge is -2.31.